The van der Waals surface area contributed by atoms with E-state index in [0.717, 1.165) is 0 Å². The van der Waals surface area contributed by atoms with Crippen LogP contribution < -0.4 is 4.72 Å². The van der Waals surface area contributed by atoms with Crippen LogP contribution in [0.3, 0.4) is 0 Å². The van der Waals surface area contributed by atoms with Crippen molar-refractivity contribution >= 4 is 11.4 Å². The molecule has 2 unspecified atom stereocenters. The Balaban J connectivity index is 2.83. The number of halogens is 1. The quantitative estimate of drug-likeness (QED) is 0.809. The summed E-state index contributed by atoms with van der Waals surface area (Å²) in [5, 5.41) is 9.05. The van der Waals surface area contributed by atoms with E-state index in [9.17, 15) is 8.94 Å². The van der Waals surface area contributed by atoms with Gasteiger partial charge < -0.3 is 9.66 Å². The second kappa shape index (κ2) is 6.52. The molecule has 0 aliphatic rings. The lowest BCUT2D eigenvalue weighted by atomic mass is 10.1. The lowest BCUT2D eigenvalue weighted by Crippen LogP contribution is -2.41. The predicted octanol–water partition coefficient (Wildman–Crippen LogP) is 2.30. The second-order valence-corrected chi connectivity index (χ2v) is 7.12. The number of rotatable bonds is 5. The van der Waals surface area contributed by atoms with Crippen LogP contribution in [0.5, 0.6) is 0 Å². The van der Waals surface area contributed by atoms with Crippen molar-refractivity contribution in [3.8, 4) is 0 Å². The predicted molar refractivity (Wildman–Crippen MR) is 71.9 cm³/mol. The minimum absolute atomic E-state index is 0.0461. The van der Waals surface area contributed by atoms with Crippen LogP contribution in [0.15, 0.2) is 24.3 Å². The van der Waals surface area contributed by atoms with Crippen LogP contribution in [0.4, 0.5) is 4.39 Å². The molecule has 0 radical (unpaired) electrons. The van der Waals surface area contributed by atoms with Crippen LogP contribution >= 0.6 is 0 Å². The molecule has 3 nitrogen and oxygen atoms in total. The average Bonchev–Trinajstić information content (AvgIpc) is 2.27. The summed E-state index contributed by atoms with van der Waals surface area (Å²) in [5.41, 5.74) is 0.696. The molecule has 0 heterocycles. The number of aliphatic hydroxyl groups is 1. The molecule has 0 aliphatic carbocycles. The van der Waals surface area contributed by atoms with Gasteiger partial charge in [0.25, 0.3) is 0 Å². The van der Waals surface area contributed by atoms with E-state index in [2.05, 4.69) is 4.72 Å². The summed E-state index contributed by atoms with van der Waals surface area (Å²) in [6.07, 6.45) is 0.394. The van der Waals surface area contributed by atoms with E-state index < -0.39 is 16.1 Å². The number of aliphatic hydroxyl groups excluding tert-OH is 1. The maximum absolute atomic E-state index is 13.2. The van der Waals surface area contributed by atoms with Crippen LogP contribution in [0.2, 0.25) is 0 Å². The first-order valence-corrected chi connectivity index (χ1v) is 7.04. The summed E-state index contributed by atoms with van der Waals surface area (Å²) in [6.45, 7) is 5.53. The summed E-state index contributed by atoms with van der Waals surface area (Å²) >= 11 is -1.26. The van der Waals surface area contributed by atoms with Gasteiger partial charge in [-0.2, -0.15) is 0 Å². The highest BCUT2D eigenvalue weighted by Crippen LogP contribution is 2.22. The average molecular weight is 273 g/mol. The van der Waals surface area contributed by atoms with E-state index in [-0.39, 0.29) is 18.5 Å². The first-order valence-electron chi connectivity index (χ1n) is 5.89. The van der Waals surface area contributed by atoms with Crippen LogP contribution in [0.1, 0.15) is 38.8 Å². The minimum atomic E-state index is -1.26. The number of hydrogen-bond donors (Lipinski definition) is 2. The smallest absolute Gasteiger partial charge is 0.136 e. The molecule has 18 heavy (non-hydrogen) atoms. The molecule has 0 spiro atoms. The highest BCUT2D eigenvalue weighted by Gasteiger charge is 2.29. The van der Waals surface area contributed by atoms with Gasteiger partial charge in [0.05, 0.1) is 6.04 Å². The summed E-state index contributed by atoms with van der Waals surface area (Å²) in [7, 11) is 0. The Hall–Kier alpha value is -0.620. The number of benzene rings is 1. The van der Waals surface area contributed by atoms with Crippen LogP contribution in [-0.4, -0.2) is 21.0 Å². The first kappa shape index (κ1) is 15.4. The van der Waals surface area contributed by atoms with Gasteiger partial charge in [0.15, 0.2) is 0 Å². The Morgan fingerprint density at radius 3 is 2.61 bits per heavy atom. The lowest BCUT2D eigenvalue weighted by molar-refractivity contribution is 0.272. The summed E-state index contributed by atoms with van der Waals surface area (Å²) in [4.78, 5) is 0. The van der Waals surface area contributed by atoms with Gasteiger partial charge in [0, 0.05) is 18.0 Å². The molecular formula is C13H20FNO2S. The van der Waals surface area contributed by atoms with E-state index in [1.54, 1.807) is 12.1 Å². The third-order valence-electron chi connectivity index (χ3n) is 2.47. The third-order valence-corrected chi connectivity index (χ3v) is 4.09. The van der Waals surface area contributed by atoms with Crippen LogP contribution in [-0.2, 0) is 11.4 Å². The molecule has 0 aromatic heterocycles. The fourth-order valence-corrected chi connectivity index (χ4v) is 2.32. The van der Waals surface area contributed by atoms with Gasteiger partial charge in [-0.1, -0.05) is 12.1 Å². The van der Waals surface area contributed by atoms with Gasteiger partial charge in [0.2, 0.25) is 0 Å². The van der Waals surface area contributed by atoms with Crippen LogP contribution in [0, 0.1) is 5.82 Å². The van der Waals surface area contributed by atoms with Gasteiger partial charge >= 0.3 is 0 Å². The topological polar surface area (TPSA) is 55.3 Å². The molecule has 0 saturated carbocycles. The van der Waals surface area contributed by atoms with Gasteiger partial charge in [-0.3, -0.25) is 0 Å². The van der Waals surface area contributed by atoms with Crippen molar-refractivity contribution in [1.82, 2.24) is 4.72 Å². The highest BCUT2D eigenvalue weighted by atomic mass is 32.2. The SMILES string of the molecule is CC(C)(C)[S+]([O-])NC(CCO)c1cccc(F)c1. The Morgan fingerprint density at radius 1 is 1.44 bits per heavy atom. The van der Waals surface area contributed by atoms with Crippen LogP contribution in [0.25, 0.3) is 0 Å². The van der Waals surface area contributed by atoms with E-state index >= 15 is 0 Å². The Bertz CT molecular complexity index is 381. The lowest BCUT2D eigenvalue weighted by Gasteiger charge is -2.28. The van der Waals surface area contributed by atoms with Crippen molar-refractivity contribution in [2.75, 3.05) is 6.61 Å². The zero-order valence-electron chi connectivity index (χ0n) is 10.9. The molecule has 2 N–H and O–H groups in total. The van der Waals surface area contributed by atoms with Gasteiger partial charge in [-0.25, -0.2) is 4.39 Å². The molecule has 1 aromatic carbocycles. The second-order valence-electron chi connectivity index (χ2n) is 5.12. The maximum atomic E-state index is 13.2. The molecule has 1 aromatic rings. The van der Waals surface area contributed by atoms with Gasteiger partial charge in [0.1, 0.15) is 10.6 Å². The molecular weight excluding hydrogens is 253 g/mol. The van der Waals surface area contributed by atoms with Crippen molar-refractivity contribution in [3.63, 3.8) is 0 Å². The summed E-state index contributed by atoms with van der Waals surface area (Å²) in [6, 6.07) is 5.81. The number of nitrogens with one attached hydrogen (secondary N) is 1. The zero-order chi connectivity index (χ0) is 13.8. The Morgan fingerprint density at radius 2 is 2.11 bits per heavy atom. The molecule has 2 atom stereocenters. The molecule has 0 amide bonds. The van der Waals surface area contributed by atoms with Gasteiger partial charge in [-0.15, -0.1) is 4.72 Å². The molecule has 0 bridgehead atoms. The van der Waals surface area contributed by atoms with E-state index in [1.165, 1.54) is 12.1 Å². The van der Waals surface area contributed by atoms with E-state index in [0.29, 0.717) is 12.0 Å². The summed E-state index contributed by atoms with van der Waals surface area (Å²) < 4.78 is 27.8. The molecule has 0 saturated heterocycles. The zero-order valence-corrected chi connectivity index (χ0v) is 11.8. The van der Waals surface area contributed by atoms with E-state index in [4.69, 9.17) is 5.11 Å². The van der Waals surface area contributed by atoms with Crippen molar-refractivity contribution in [1.29, 1.82) is 0 Å². The fraction of sp³-hybridized carbons (Fsp3) is 0.538. The van der Waals surface area contributed by atoms with Crippen molar-refractivity contribution in [3.05, 3.63) is 35.6 Å². The van der Waals surface area contributed by atoms with Crippen molar-refractivity contribution in [2.45, 2.75) is 38.0 Å². The molecule has 1 rings (SSSR count). The Kier molecular flexibility index (Phi) is 5.59. The monoisotopic (exact) mass is 273 g/mol. The van der Waals surface area contributed by atoms with Gasteiger partial charge in [-0.05, 0) is 44.9 Å². The fourth-order valence-electron chi connectivity index (χ4n) is 1.45. The highest BCUT2D eigenvalue weighted by molar-refractivity contribution is 7.90. The molecule has 5 heteroatoms. The molecule has 0 fully saturated rings. The largest absolute Gasteiger partial charge is 0.598 e. The van der Waals surface area contributed by atoms with E-state index in [1.807, 2.05) is 20.8 Å². The summed E-state index contributed by atoms with van der Waals surface area (Å²) in [5.74, 6) is -0.334. The van der Waals surface area contributed by atoms with Crippen molar-refractivity contribution < 1.29 is 14.0 Å². The third kappa shape index (κ3) is 4.57. The maximum Gasteiger partial charge on any atom is 0.136 e. The molecule has 102 valence electrons. The Labute approximate surface area is 111 Å². The standard InChI is InChI=1S/C13H20FNO2S/c1-13(2,3)18(17)15-12(7-8-16)10-5-4-6-11(14)9-10/h4-6,9,12,15-16H,7-8H2,1-3H3. The number of hydrogen-bond acceptors (Lipinski definition) is 3. The normalized spacial score (nSPS) is 15.4. The molecule has 0 aliphatic heterocycles. The van der Waals surface area contributed by atoms with Crippen molar-refractivity contribution in [2.24, 2.45) is 0 Å². The minimum Gasteiger partial charge on any atom is -0.598 e. The first-order chi connectivity index (χ1) is 8.34.